The van der Waals surface area contributed by atoms with Crippen molar-refractivity contribution in [3.05, 3.63) is 72.8 Å². The molecule has 0 aromatic heterocycles. The van der Waals surface area contributed by atoms with Crippen LogP contribution in [0.4, 0.5) is 33.2 Å². The predicted molar refractivity (Wildman–Crippen MR) is 109 cm³/mol. The fourth-order valence-electron chi connectivity index (χ4n) is 3.04. The Balaban J connectivity index is 1.56. The van der Waals surface area contributed by atoms with Crippen LogP contribution in [-0.4, -0.2) is 51.9 Å². The van der Waals surface area contributed by atoms with E-state index in [4.69, 9.17) is 0 Å². The number of urea groups is 1. The molecule has 1 aliphatic heterocycles. The Kier molecular flexibility index (Phi) is 6.09. The van der Waals surface area contributed by atoms with Gasteiger partial charge in [0, 0.05) is 50.1 Å². The Bertz CT molecular complexity index is 1020. The SMILES string of the molecule is O=C(NNc1ccc([N+](=O)[O-])cc1[N+](=O)[O-])N1CCN(c2ccc([N+](=O)[O-])cc2)CC1. The van der Waals surface area contributed by atoms with E-state index in [0.29, 0.717) is 26.2 Å². The summed E-state index contributed by atoms with van der Waals surface area (Å²) >= 11 is 0. The molecule has 0 spiro atoms. The molecule has 0 saturated carbocycles. The number of anilines is 2. The van der Waals surface area contributed by atoms with Gasteiger partial charge in [-0.3, -0.25) is 41.2 Å². The van der Waals surface area contributed by atoms with Gasteiger partial charge in [-0.05, 0) is 18.2 Å². The highest BCUT2D eigenvalue weighted by Crippen LogP contribution is 2.28. The smallest absolute Gasteiger partial charge is 0.336 e. The van der Waals surface area contributed by atoms with E-state index in [-0.39, 0.29) is 11.4 Å². The van der Waals surface area contributed by atoms with Crippen LogP contribution in [0.1, 0.15) is 0 Å². The molecule has 0 atom stereocenters. The third kappa shape index (κ3) is 4.92. The van der Waals surface area contributed by atoms with Gasteiger partial charge >= 0.3 is 11.7 Å². The molecule has 2 aromatic rings. The minimum absolute atomic E-state index is 0.00632. The molecule has 2 aromatic carbocycles. The van der Waals surface area contributed by atoms with Gasteiger partial charge in [-0.15, -0.1) is 0 Å². The first kappa shape index (κ1) is 21.2. The lowest BCUT2D eigenvalue weighted by Gasteiger charge is -2.36. The van der Waals surface area contributed by atoms with Crippen LogP contribution in [0, 0.1) is 30.3 Å². The lowest BCUT2D eigenvalue weighted by Crippen LogP contribution is -2.52. The first-order chi connectivity index (χ1) is 14.8. The molecular weight excluding hydrogens is 414 g/mol. The minimum atomic E-state index is -0.787. The third-order valence-corrected chi connectivity index (χ3v) is 4.69. The highest BCUT2D eigenvalue weighted by molar-refractivity contribution is 5.77. The third-order valence-electron chi connectivity index (χ3n) is 4.69. The van der Waals surface area contributed by atoms with Gasteiger partial charge in [0.25, 0.3) is 11.4 Å². The number of carbonyl (C=O) groups excluding carboxylic acids is 1. The van der Waals surface area contributed by atoms with E-state index < -0.39 is 32.2 Å². The van der Waals surface area contributed by atoms with Crippen molar-refractivity contribution in [2.75, 3.05) is 36.5 Å². The minimum Gasteiger partial charge on any atom is -0.368 e. The maximum absolute atomic E-state index is 12.4. The van der Waals surface area contributed by atoms with Crippen LogP contribution in [-0.2, 0) is 0 Å². The van der Waals surface area contributed by atoms with E-state index in [9.17, 15) is 35.1 Å². The number of hydrazine groups is 1. The molecule has 1 heterocycles. The van der Waals surface area contributed by atoms with Crippen LogP contribution >= 0.6 is 0 Å². The second-order valence-corrected chi connectivity index (χ2v) is 6.52. The molecule has 1 fully saturated rings. The number of nitro groups is 3. The number of hydrogen-bond acceptors (Lipinski definition) is 9. The van der Waals surface area contributed by atoms with Crippen LogP contribution in [0.25, 0.3) is 0 Å². The van der Waals surface area contributed by atoms with Gasteiger partial charge in [0.05, 0.1) is 20.8 Å². The van der Waals surface area contributed by atoms with Gasteiger partial charge in [0.15, 0.2) is 0 Å². The second kappa shape index (κ2) is 8.89. The number of nitro benzene ring substituents is 3. The van der Waals surface area contributed by atoms with Crippen molar-refractivity contribution in [2.24, 2.45) is 0 Å². The van der Waals surface area contributed by atoms with E-state index in [1.54, 1.807) is 12.1 Å². The van der Waals surface area contributed by atoms with E-state index in [0.717, 1.165) is 23.9 Å². The first-order valence-electron chi connectivity index (χ1n) is 8.99. The van der Waals surface area contributed by atoms with Crippen molar-refractivity contribution in [2.45, 2.75) is 0 Å². The summed E-state index contributed by atoms with van der Waals surface area (Å²) in [7, 11) is 0. The van der Waals surface area contributed by atoms with Crippen molar-refractivity contribution in [3.8, 4) is 0 Å². The summed E-state index contributed by atoms with van der Waals surface area (Å²) in [5.41, 5.74) is 4.51. The van der Waals surface area contributed by atoms with Crippen LogP contribution < -0.4 is 15.8 Å². The van der Waals surface area contributed by atoms with Gasteiger partial charge in [0.2, 0.25) is 0 Å². The zero-order chi connectivity index (χ0) is 22.5. The lowest BCUT2D eigenvalue weighted by atomic mass is 10.2. The predicted octanol–water partition coefficient (Wildman–Crippen LogP) is 2.27. The monoisotopic (exact) mass is 431 g/mol. The zero-order valence-corrected chi connectivity index (χ0v) is 16.0. The number of hydrogen-bond donors (Lipinski definition) is 2. The number of piperazine rings is 1. The van der Waals surface area contributed by atoms with Crippen LogP contribution in [0.2, 0.25) is 0 Å². The quantitative estimate of drug-likeness (QED) is 0.513. The molecule has 2 amide bonds. The number of rotatable bonds is 6. The number of amides is 2. The average molecular weight is 431 g/mol. The number of nitrogens with zero attached hydrogens (tertiary/aromatic N) is 5. The van der Waals surface area contributed by atoms with Crippen molar-refractivity contribution in [1.82, 2.24) is 10.3 Å². The topological polar surface area (TPSA) is 177 Å². The maximum Gasteiger partial charge on any atom is 0.336 e. The molecule has 14 heteroatoms. The van der Waals surface area contributed by atoms with Gasteiger partial charge in [-0.25, -0.2) is 4.79 Å². The van der Waals surface area contributed by atoms with Gasteiger partial charge in [-0.1, -0.05) is 0 Å². The maximum atomic E-state index is 12.4. The van der Waals surface area contributed by atoms with Crippen molar-refractivity contribution < 1.29 is 19.6 Å². The largest absolute Gasteiger partial charge is 0.368 e. The summed E-state index contributed by atoms with van der Waals surface area (Å²) in [6.07, 6.45) is 0. The second-order valence-electron chi connectivity index (χ2n) is 6.52. The van der Waals surface area contributed by atoms with Crippen molar-refractivity contribution in [1.29, 1.82) is 0 Å². The number of carbonyl (C=O) groups is 1. The molecule has 0 radical (unpaired) electrons. The van der Waals surface area contributed by atoms with Crippen molar-refractivity contribution in [3.63, 3.8) is 0 Å². The van der Waals surface area contributed by atoms with Gasteiger partial charge in [-0.2, -0.15) is 0 Å². The normalized spacial score (nSPS) is 13.4. The summed E-state index contributed by atoms with van der Waals surface area (Å²) < 4.78 is 0. The highest BCUT2D eigenvalue weighted by atomic mass is 16.6. The van der Waals surface area contributed by atoms with Gasteiger partial charge < -0.3 is 9.80 Å². The van der Waals surface area contributed by atoms with E-state index in [1.807, 2.05) is 4.90 Å². The number of nitrogens with one attached hydrogen (secondary N) is 2. The number of non-ortho nitro benzene ring substituents is 2. The molecular formula is C17H17N7O7. The standard InChI is InChI=1S/C17H17N7O7/c25-17(19-18-15-6-5-14(23(28)29)11-16(15)24(30)31)21-9-7-20(8-10-21)12-1-3-13(4-2-12)22(26)27/h1-6,11,18H,7-10H2,(H,19,25). The van der Waals surface area contributed by atoms with E-state index >= 15 is 0 Å². The molecule has 2 N–H and O–H groups in total. The summed E-state index contributed by atoms with van der Waals surface area (Å²) in [6.45, 7) is 1.69. The average Bonchev–Trinajstić information content (AvgIpc) is 2.77. The molecule has 14 nitrogen and oxygen atoms in total. The molecule has 31 heavy (non-hydrogen) atoms. The molecule has 162 valence electrons. The van der Waals surface area contributed by atoms with Crippen LogP contribution in [0.5, 0.6) is 0 Å². The zero-order valence-electron chi connectivity index (χ0n) is 16.0. The van der Waals surface area contributed by atoms with E-state index in [2.05, 4.69) is 10.9 Å². The molecule has 1 saturated heterocycles. The summed E-state index contributed by atoms with van der Waals surface area (Å²) in [4.78, 5) is 46.5. The molecule has 0 unspecified atom stereocenters. The summed E-state index contributed by atoms with van der Waals surface area (Å²) in [5.74, 6) is 0. The lowest BCUT2D eigenvalue weighted by molar-refractivity contribution is -0.393. The van der Waals surface area contributed by atoms with E-state index in [1.165, 1.54) is 17.0 Å². The van der Waals surface area contributed by atoms with Crippen molar-refractivity contribution >= 4 is 34.5 Å². The van der Waals surface area contributed by atoms with Crippen LogP contribution in [0.3, 0.4) is 0 Å². The van der Waals surface area contributed by atoms with Gasteiger partial charge in [0.1, 0.15) is 5.69 Å². The Morgan fingerprint density at radius 3 is 1.94 bits per heavy atom. The summed E-state index contributed by atoms with van der Waals surface area (Å²) in [6, 6.07) is 8.62. The number of benzene rings is 2. The Morgan fingerprint density at radius 1 is 0.806 bits per heavy atom. The van der Waals surface area contributed by atoms with Crippen LogP contribution in [0.15, 0.2) is 42.5 Å². The highest BCUT2D eigenvalue weighted by Gasteiger charge is 2.23. The molecule has 0 bridgehead atoms. The fraction of sp³-hybridized carbons (Fsp3) is 0.235. The molecule has 0 aliphatic carbocycles. The first-order valence-corrected chi connectivity index (χ1v) is 8.99. The Morgan fingerprint density at radius 2 is 1.39 bits per heavy atom. The Labute approximate surface area is 174 Å². The molecule has 3 rings (SSSR count). The summed E-state index contributed by atoms with van der Waals surface area (Å²) in [5, 5.41) is 32.7. The molecule has 1 aliphatic rings. The Hall–Kier alpha value is -4.49. The fourth-order valence-corrected chi connectivity index (χ4v) is 3.04.